The molecule has 0 radical (unpaired) electrons. The number of aromatic nitrogens is 1. The molecular formula is C32H43N3O5S. The van der Waals surface area contributed by atoms with E-state index in [1.807, 2.05) is 49.5 Å². The van der Waals surface area contributed by atoms with Gasteiger partial charge in [0, 0.05) is 44.5 Å². The first-order chi connectivity index (χ1) is 19.4. The van der Waals surface area contributed by atoms with Crippen LogP contribution in [0.3, 0.4) is 0 Å². The van der Waals surface area contributed by atoms with Gasteiger partial charge in [-0.3, -0.25) is 9.78 Å². The van der Waals surface area contributed by atoms with Crippen molar-refractivity contribution in [2.24, 2.45) is 0 Å². The Morgan fingerprint density at radius 1 is 1.05 bits per heavy atom. The molecule has 1 unspecified atom stereocenters. The number of carboxylic acids is 1. The second kappa shape index (κ2) is 14.7. The number of carbonyl (C=O) groups is 1. The molecule has 0 bridgehead atoms. The van der Waals surface area contributed by atoms with Gasteiger partial charge < -0.3 is 15.5 Å². The number of benzene rings is 2. The molecule has 9 heteroatoms. The molecule has 8 nitrogen and oxygen atoms in total. The van der Waals surface area contributed by atoms with Crippen LogP contribution in [0, 0.1) is 0 Å². The summed E-state index contributed by atoms with van der Waals surface area (Å²) in [5.74, 6) is -0.830. The van der Waals surface area contributed by atoms with Crippen molar-refractivity contribution in [1.82, 2.24) is 14.6 Å². The number of hydrogen-bond acceptors (Lipinski definition) is 6. The van der Waals surface area contributed by atoms with Crippen molar-refractivity contribution in [3.8, 4) is 11.1 Å². The van der Waals surface area contributed by atoms with Crippen molar-refractivity contribution in [3.05, 3.63) is 83.7 Å². The molecule has 0 saturated heterocycles. The summed E-state index contributed by atoms with van der Waals surface area (Å²) >= 11 is 0. The first kappa shape index (κ1) is 32.4. The Balaban J connectivity index is 1.59. The summed E-state index contributed by atoms with van der Waals surface area (Å²) in [5.41, 5.74) is 4.45. The Labute approximate surface area is 244 Å². The number of hydrogen-bond donors (Lipinski definition) is 3. The first-order valence-electron chi connectivity index (χ1n) is 14.1. The summed E-state index contributed by atoms with van der Waals surface area (Å²) in [6, 6.07) is 17.0. The molecule has 0 aliphatic carbocycles. The molecule has 1 heterocycles. The average Bonchev–Trinajstić information content (AvgIpc) is 2.95. The Morgan fingerprint density at radius 2 is 1.76 bits per heavy atom. The largest absolute Gasteiger partial charge is 0.481 e. The van der Waals surface area contributed by atoms with Gasteiger partial charge in [0.25, 0.3) is 0 Å². The van der Waals surface area contributed by atoms with Crippen molar-refractivity contribution in [1.29, 1.82) is 0 Å². The smallest absolute Gasteiger partial charge is 0.303 e. The highest BCUT2D eigenvalue weighted by atomic mass is 32.2. The fourth-order valence-electron chi connectivity index (χ4n) is 4.79. The van der Waals surface area contributed by atoms with Crippen LogP contribution in [0.2, 0.25) is 0 Å². The molecule has 0 amide bonds. The fourth-order valence-corrected chi connectivity index (χ4v) is 6.27. The Hall–Kier alpha value is -3.11. The number of likely N-dealkylation sites (N-methyl/N-ethyl adjacent to an activating group) is 1. The quantitative estimate of drug-likeness (QED) is 0.224. The highest BCUT2D eigenvalue weighted by molar-refractivity contribution is 7.89. The van der Waals surface area contributed by atoms with Crippen molar-refractivity contribution in [2.45, 2.75) is 75.8 Å². The van der Waals surface area contributed by atoms with E-state index in [2.05, 4.69) is 30.2 Å². The maximum absolute atomic E-state index is 13.5. The van der Waals surface area contributed by atoms with E-state index in [4.69, 9.17) is 5.11 Å². The molecule has 0 fully saturated rings. The van der Waals surface area contributed by atoms with Crippen LogP contribution in [0.5, 0.6) is 0 Å². The van der Waals surface area contributed by atoms with Gasteiger partial charge in [0.15, 0.2) is 0 Å². The minimum absolute atomic E-state index is 0.0240. The molecule has 2 aromatic carbocycles. The molecule has 3 N–H and O–H groups in total. The highest BCUT2D eigenvalue weighted by Gasteiger charge is 2.26. The number of nitrogens with one attached hydrogen (secondary N) is 1. The van der Waals surface area contributed by atoms with Gasteiger partial charge >= 0.3 is 5.97 Å². The van der Waals surface area contributed by atoms with Gasteiger partial charge in [-0.1, -0.05) is 43.3 Å². The lowest BCUT2D eigenvalue weighted by Gasteiger charge is -2.29. The summed E-state index contributed by atoms with van der Waals surface area (Å²) in [6.07, 6.45) is 6.65. The summed E-state index contributed by atoms with van der Waals surface area (Å²) in [4.78, 5) is 15.2. The van der Waals surface area contributed by atoms with Crippen LogP contribution in [0.4, 0.5) is 0 Å². The molecule has 3 rings (SSSR count). The van der Waals surface area contributed by atoms with E-state index in [9.17, 15) is 18.3 Å². The Morgan fingerprint density at radius 3 is 2.39 bits per heavy atom. The number of aliphatic carboxylic acids is 1. The maximum atomic E-state index is 13.5. The van der Waals surface area contributed by atoms with E-state index in [0.717, 1.165) is 36.0 Å². The summed E-state index contributed by atoms with van der Waals surface area (Å²) < 4.78 is 28.2. The number of pyridine rings is 1. The van der Waals surface area contributed by atoms with E-state index in [0.29, 0.717) is 18.4 Å². The van der Waals surface area contributed by atoms with Crippen LogP contribution >= 0.6 is 0 Å². The molecule has 41 heavy (non-hydrogen) atoms. The van der Waals surface area contributed by atoms with Gasteiger partial charge in [-0.25, -0.2) is 8.42 Å². The molecule has 0 aliphatic rings. The van der Waals surface area contributed by atoms with Crippen LogP contribution in [-0.2, 0) is 34.1 Å². The molecule has 3 aromatic rings. The summed E-state index contributed by atoms with van der Waals surface area (Å²) in [5, 5.41) is 23.0. The third-order valence-electron chi connectivity index (χ3n) is 7.32. The third-order valence-corrected chi connectivity index (χ3v) is 9.24. The molecular weight excluding hydrogens is 538 g/mol. The minimum atomic E-state index is -3.81. The van der Waals surface area contributed by atoms with Gasteiger partial charge in [-0.2, -0.15) is 4.31 Å². The Bertz CT molecular complexity index is 1380. The zero-order chi connectivity index (χ0) is 30.0. The van der Waals surface area contributed by atoms with E-state index in [1.165, 1.54) is 16.9 Å². The van der Waals surface area contributed by atoms with Crippen molar-refractivity contribution >= 4 is 16.0 Å². The lowest BCUT2D eigenvalue weighted by atomic mass is 9.95. The van der Waals surface area contributed by atoms with Gasteiger partial charge in [0.05, 0.1) is 11.0 Å². The zero-order valence-corrected chi connectivity index (χ0v) is 25.3. The second-order valence-electron chi connectivity index (χ2n) is 11.2. The van der Waals surface area contributed by atoms with Gasteiger partial charge in [-0.15, -0.1) is 0 Å². The molecule has 0 saturated carbocycles. The van der Waals surface area contributed by atoms with Crippen LogP contribution in [-0.4, -0.2) is 65.7 Å². The number of aryl methyl sites for hydroxylation is 3. The first-order valence-corrected chi connectivity index (χ1v) is 15.6. The average molecular weight is 582 g/mol. The third kappa shape index (κ3) is 9.74. The van der Waals surface area contributed by atoms with E-state index >= 15 is 0 Å². The number of carboxylic acid groups (broad SMARTS) is 1. The number of β-amino-alcohol motifs (C(OH)–C–C–N with tert-alkyl or cyclic N) is 1. The lowest BCUT2D eigenvalue weighted by molar-refractivity contribution is -0.136. The standard InChI is InChI=1S/C32H43N3O5S/c1-5-26-20-28(27-13-10-24(11-14-27)12-17-31(37)38)15-16-30(26)41(39,40)35(4)23-29(36)22-34-32(2,3)18-6-8-25-9-7-19-33-21-25/h7,9-11,13-16,19-21,29,34,36H,5-6,8,12,17-18,22-23H2,1-4H3,(H,37,38). The van der Waals surface area contributed by atoms with E-state index < -0.39 is 22.1 Å². The summed E-state index contributed by atoms with van der Waals surface area (Å²) in [7, 11) is -2.31. The fraction of sp³-hybridized carbons (Fsp3) is 0.438. The molecule has 0 spiro atoms. The topological polar surface area (TPSA) is 120 Å². The number of rotatable bonds is 16. The van der Waals surface area contributed by atoms with Gasteiger partial charge in [-0.05, 0) is 92.0 Å². The van der Waals surface area contributed by atoms with E-state index in [1.54, 1.807) is 18.3 Å². The van der Waals surface area contributed by atoms with Gasteiger partial charge in [0.1, 0.15) is 0 Å². The van der Waals surface area contributed by atoms with Crippen LogP contribution in [0.25, 0.3) is 11.1 Å². The van der Waals surface area contributed by atoms with Crippen molar-refractivity contribution < 1.29 is 23.4 Å². The number of nitrogens with zero attached hydrogens (tertiary/aromatic N) is 2. The lowest BCUT2D eigenvalue weighted by Crippen LogP contribution is -2.46. The molecule has 0 aliphatic heterocycles. The van der Waals surface area contributed by atoms with Crippen LogP contribution in [0.15, 0.2) is 71.9 Å². The minimum Gasteiger partial charge on any atom is -0.481 e. The number of sulfonamides is 1. The number of aliphatic hydroxyl groups excluding tert-OH is 1. The van der Waals surface area contributed by atoms with Crippen LogP contribution < -0.4 is 5.32 Å². The predicted octanol–water partition coefficient (Wildman–Crippen LogP) is 4.70. The Kier molecular flexibility index (Phi) is 11.6. The van der Waals surface area contributed by atoms with Crippen molar-refractivity contribution in [3.63, 3.8) is 0 Å². The maximum Gasteiger partial charge on any atom is 0.303 e. The van der Waals surface area contributed by atoms with Crippen LogP contribution in [0.1, 0.15) is 56.7 Å². The number of aliphatic hydroxyl groups is 1. The highest BCUT2D eigenvalue weighted by Crippen LogP contribution is 2.28. The second-order valence-corrected chi connectivity index (χ2v) is 13.2. The summed E-state index contributed by atoms with van der Waals surface area (Å²) in [6.45, 7) is 6.35. The molecule has 1 aromatic heterocycles. The van der Waals surface area contributed by atoms with E-state index in [-0.39, 0.29) is 29.9 Å². The normalized spacial score (nSPS) is 12.9. The molecule has 222 valence electrons. The van der Waals surface area contributed by atoms with Gasteiger partial charge in [0.2, 0.25) is 10.0 Å². The monoisotopic (exact) mass is 581 g/mol. The van der Waals surface area contributed by atoms with Crippen molar-refractivity contribution in [2.75, 3.05) is 20.1 Å². The predicted molar refractivity (Wildman–Crippen MR) is 162 cm³/mol. The SMILES string of the molecule is CCc1cc(-c2ccc(CCC(=O)O)cc2)ccc1S(=O)(=O)N(C)CC(O)CNC(C)(C)CCCc1cccnc1. The zero-order valence-electron chi connectivity index (χ0n) is 24.5. The molecule has 1 atom stereocenters.